The zero-order valence-corrected chi connectivity index (χ0v) is 12.4. The summed E-state index contributed by atoms with van der Waals surface area (Å²) in [6.07, 6.45) is 2.92. The van der Waals surface area contributed by atoms with Gasteiger partial charge in [0, 0.05) is 24.0 Å². The standard InChI is InChI=1S/C16H20N2O3/c1-19-14-7-12-4-6-18-16(13(12)8-15(14)20-2)21-10-11-3-5-17-9-11/h4,6-8,11,17H,3,5,9-10H2,1-2H3. The summed E-state index contributed by atoms with van der Waals surface area (Å²) in [5.74, 6) is 2.61. The van der Waals surface area contributed by atoms with Gasteiger partial charge in [-0.15, -0.1) is 0 Å². The van der Waals surface area contributed by atoms with Gasteiger partial charge in [0.25, 0.3) is 0 Å². The van der Waals surface area contributed by atoms with Crippen LogP contribution in [0.25, 0.3) is 10.8 Å². The fraction of sp³-hybridized carbons (Fsp3) is 0.438. The van der Waals surface area contributed by atoms with Crippen LogP contribution in [0.2, 0.25) is 0 Å². The summed E-state index contributed by atoms with van der Waals surface area (Å²) in [4.78, 5) is 4.36. The maximum absolute atomic E-state index is 5.93. The fourth-order valence-corrected chi connectivity index (χ4v) is 2.64. The Morgan fingerprint density at radius 2 is 2.05 bits per heavy atom. The largest absolute Gasteiger partial charge is 0.493 e. The molecule has 2 aromatic rings. The van der Waals surface area contributed by atoms with E-state index in [4.69, 9.17) is 14.2 Å². The molecule has 1 aliphatic rings. The van der Waals surface area contributed by atoms with Crippen molar-refractivity contribution in [3.05, 3.63) is 24.4 Å². The summed E-state index contributed by atoms with van der Waals surface area (Å²) in [7, 11) is 3.26. The molecule has 1 aliphatic heterocycles. The number of ether oxygens (including phenoxy) is 3. The Morgan fingerprint density at radius 1 is 1.24 bits per heavy atom. The molecule has 0 aliphatic carbocycles. The molecule has 0 bridgehead atoms. The van der Waals surface area contributed by atoms with Gasteiger partial charge in [-0.3, -0.25) is 0 Å². The molecule has 1 aromatic carbocycles. The van der Waals surface area contributed by atoms with Crippen LogP contribution in [-0.4, -0.2) is 38.9 Å². The van der Waals surface area contributed by atoms with Gasteiger partial charge < -0.3 is 19.5 Å². The third-order valence-electron chi connectivity index (χ3n) is 3.85. The van der Waals surface area contributed by atoms with Gasteiger partial charge in [0.15, 0.2) is 11.5 Å². The number of rotatable bonds is 5. The summed E-state index contributed by atoms with van der Waals surface area (Å²) in [6.45, 7) is 2.78. The number of pyridine rings is 1. The minimum Gasteiger partial charge on any atom is -0.493 e. The number of hydrogen-bond donors (Lipinski definition) is 1. The Balaban J connectivity index is 1.90. The van der Waals surface area contributed by atoms with Crippen LogP contribution in [0, 0.1) is 5.92 Å². The van der Waals surface area contributed by atoms with Crippen molar-refractivity contribution in [3.63, 3.8) is 0 Å². The van der Waals surface area contributed by atoms with Crippen molar-refractivity contribution in [1.82, 2.24) is 10.3 Å². The first-order chi connectivity index (χ1) is 10.3. The molecular weight excluding hydrogens is 268 g/mol. The molecule has 0 spiro atoms. The third-order valence-corrected chi connectivity index (χ3v) is 3.85. The Hall–Kier alpha value is -2.01. The first-order valence-electron chi connectivity index (χ1n) is 7.16. The molecule has 5 heteroatoms. The summed E-state index contributed by atoms with van der Waals surface area (Å²) < 4.78 is 16.6. The Bertz CT molecular complexity index is 624. The lowest BCUT2D eigenvalue weighted by atomic mass is 10.1. The lowest BCUT2D eigenvalue weighted by Crippen LogP contribution is -2.16. The predicted octanol–water partition coefficient (Wildman–Crippen LogP) is 2.24. The van der Waals surface area contributed by atoms with Gasteiger partial charge in [0.05, 0.1) is 20.8 Å². The molecule has 1 aromatic heterocycles. The molecule has 1 unspecified atom stereocenters. The Kier molecular flexibility index (Phi) is 4.10. The van der Waals surface area contributed by atoms with Gasteiger partial charge >= 0.3 is 0 Å². The van der Waals surface area contributed by atoms with E-state index >= 15 is 0 Å². The van der Waals surface area contributed by atoms with Crippen molar-refractivity contribution in [2.45, 2.75) is 6.42 Å². The van der Waals surface area contributed by atoms with E-state index in [1.807, 2.05) is 18.2 Å². The molecule has 0 radical (unpaired) electrons. The highest BCUT2D eigenvalue weighted by molar-refractivity contribution is 5.89. The van der Waals surface area contributed by atoms with Crippen LogP contribution in [0.1, 0.15) is 6.42 Å². The van der Waals surface area contributed by atoms with E-state index in [2.05, 4.69) is 10.3 Å². The third kappa shape index (κ3) is 2.88. The van der Waals surface area contributed by atoms with Gasteiger partial charge in [-0.05, 0) is 36.6 Å². The molecule has 112 valence electrons. The van der Waals surface area contributed by atoms with E-state index in [9.17, 15) is 0 Å². The van der Waals surface area contributed by atoms with Crippen LogP contribution in [0.3, 0.4) is 0 Å². The average molecular weight is 288 g/mol. The van der Waals surface area contributed by atoms with Crippen molar-refractivity contribution in [1.29, 1.82) is 0 Å². The van der Waals surface area contributed by atoms with Crippen LogP contribution in [-0.2, 0) is 0 Å². The summed E-state index contributed by atoms with van der Waals surface area (Å²) >= 11 is 0. The molecule has 1 fully saturated rings. The van der Waals surface area contributed by atoms with Crippen molar-refractivity contribution in [2.75, 3.05) is 33.9 Å². The zero-order chi connectivity index (χ0) is 14.7. The van der Waals surface area contributed by atoms with Crippen LogP contribution in [0.4, 0.5) is 0 Å². The van der Waals surface area contributed by atoms with Crippen LogP contribution in [0.5, 0.6) is 17.4 Å². The van der Waals surface area contributed by atoms with Gasteiger partial charge in [-0.25, -0.2) is 4.98 Å². The van der Waals surface area contributed by atoms with E-state index in [0.29, 0.717) is 29.9 Å². The van der Waals surface area contributed by atoms with Gasteiger partial charge in [0.1, 0.15) is 0 Å². The predicted molar refractivity (Wildman–Crippen MR) is 81.3 cm³/mol. The molecule has 21 heavy (non-hydrogen) atoms. The molecule has 1 atom stereocenters. The van der Waals surface area contributed by atoms with E-state index in [0.717, 1.165) is 30.3 Å². The fourth-order valence-electron chi connectivity index (χ4n) is 2.64. The minimum atomic E-state index is 0.558. The van der Waals surface area contributed by atoms with Gasteiger partial charge in [0.2, 0.25) is 5.88 Å². The number of fused-ring (bicyclic) bond motifs is 1. The summed E-state index contributed by atoms with van der Waals surface area (Å²) in [6, 6.07) is 5.81. The maximum atomic E-state index is 5.93. The number of nitrogens with one attached hydrogen (secondary N) is 1. The Morgan fingerprint density at radius 3 is 2.76 bits per heavy atom. The average Bonchev–Trinajstić information content (AvgIpc) is 3.04. The van der Waals surface area contributed by atoms with Crippen molar-refractivity contribution < 1.29 is 14.2 Å². The van der Waals surface area contributed by atoms with E-state index < -0.39 is 0 Å². The van der Waals surface area contributed by atoms with Crippen LogP contribution < -0.4 is 19.5 Å². The highest BCUT2D eigenvalue weighted by Gasteiger charge is 2.16. The highest BCUT2D eigenvalue weighted by Crippen LogP contribution is 2.35. The SMILES string of the molecule is COc1cc2ccnc(OCC3CCNC3)c2cc1OC. The molecule has 3 rings (SSSR count). The molecular formula is C16H20N2O3. The number of aromatic nitrogens is 1. The van der Waals surface area contributed by atoms with E-state index in [1.54, 1.807) is 20.4 Å². The second-order valence-corrected chi connectivity index (χ2v) is 5.21. The number of nitrogens with zero attached hydrogens (tertiary/aromatic N) is 1. The smallest absolute Gasteiger partial charge is 0.221 e. The summed E-state index contributed by atoms with van der Waals surface area (Å²) in [5, 5.41) is 5.32. The molecule has 1 N–H and O–H groups in total. The first-order valence-corrected chi connectivity index (χ1v) is 7.16. The quantitative estimate of drug-likeness (QED) is 0.914. The van der Waals surface area contributed by atoms with Crippen molar-refractivity contribution in [3.8, 4) is 17.4 Å². The number of benzene rings is 1. The minimum absolute atomic E-state index is 0.558. The first kappa shape index (κ1) is 13.9. The second-order valence-electron chi connectivity index (χ2n) is 5.21. The molecule has 0 saturated carbocycles. The van der Waals surface area contributed by atoms with Crippen molar-refractivity contribution >= 4 is 10.8 Å². The monoisotopic (exact) mass is 288 g/mol. The highest BCUT2D eigenvalue weighted by atomic mass is 16.5. The molecule has 2 heterocycles. The number of hydrogen-bond acceptors (Lipinski definition) is 5. The molecule has 1 saturated heterocycles. The van der Waals surface area contributed by atoms with Gasteiger partial charge in [-0.2, -0.15) is 0 Å². The lowest BCUT2D eigenvalue weighted by Gasteiger charge is -2.14. The van der Waals surface area contributed by atoms with Crippen LogP contribution in [0.15, 0.2) is 24.4 Å². The lowest BCUT2D eigenvalue weighted by molar-refractivity contribution is 0.254. The van der Waals surface area contributed by atoms with Crippen molar-refractivity contribution in [2.24, 2.45) is 5.92 Å². The normalized spacial score (nSPS) is 17.9. The van der Waals surface area contributed by atoms with Gasteiger partial charge in [-0.1, -0.05) is 0 Å². The maximum Gasteiger partial charge on any atom is 0.221 e. The summed E-state index contributed by atoms with van der Waals surface area (Å²) in [5.41, 5.74) is 0. The Labute approximate surface area is 124 Å². The van der Waals surface area contributed by atoms with E-state index in [-0.39, 0.29) is 0 Å². The zero-order valence-electron chi connectivity index (χ0n) is 12.4. The molecule has 0 amide bonds. The second kappa shape index (κ2) is 6.18. The topological polar surface area (TPSA) is 52.6 Å². The number of methoxy groups -OCH3 is 2. The molecule has 5 nitrogen and oxygen atoms in total. The van der Waals surface area contributed by atoms with Crippen LogP contribution >= 0.6 is 0 Å². The van der Waals surface area contributed by atoms with E-state index in [1.165, 1.54) is 0 Å².